The SMILES string of the molecule is CC(Nc1ccccc1CN(C)C)c1ccc(O)cc1F. The summed E-state index contributed by atoms with van der Waals surface area (Å²) in [7, 11) is 4.03. The summed E-state index contributed by atoms with van der Waals surface area (Å²) < 4.78 is 13.9. The van der Waals surface area contributed by atoms with Gasteiger partial charge in [0.25, 0.3) is 0 Å². The van der Waals surface area contributed by atoms with Gasteiger partial charge in [0.1, 0.15) is 11.6 Å². The Bertz CT molecular complexity index is 613. The first kappa shape index (κ1) is 15.3. The first-order valence-electron chi connectivity index (χ1n) is 6.95. The van der Waals surface area contributed by atoms with E-state index in [1.165, 1.54) is 6.07 Å². The van der Waals surface area contributed by atoms with E-state index in [-0.39, 0.29) is 11.8 Å². The number of anilines is 1. The molecular formula is C17H21FN2O. The zero-order valence-corrected chi connectivity index (χ0v) is 12.6. The van der Waals surface area contributed by atoms with Crippen LogP contribution in [-0.2, 0) is 6.54 Å². The molecule has 2 aromatic carbocycles. The van der Waals surface area contributed by atoms with Gasteiger partial charge in [-0.15, -0.1) is 0 Å². The highest BCUT2D eigenvalue weighted by Gasteiger charge is 2.13. The van der Waals surface area contributed by atoms with Gasteiger partial charge in [0.05, 0.1) is 6.04 Å². The molecule has 0 aliphatic heterocycles. The van der Waals surface area contributed by atoms with E-state index in [2.05, 4.69) is 16.3 Å². The Labute approximate surface area is 125 Å². The van der Waals surface area contributed by atoms with Crippen LogP contribution in [0.2, 0.25) is 0 Å². The molecule has 0 aliphatic rings. The summed E-state index contributed by atoms with van der Waals surface area (Å²) in [6.07, 6.45) is 0. The van der Waals surface area contributed by atoms with Gasteiger partial charge in [-0.1, -0.05) is 24.3 Å². The third-order valence-corrected chi connectivity index (χ3v) is 3.33. The lowest BCUT2D eigenvalue weighted by molar-refractivity contribution is 0.403. The van der Waals surface area contributed by atoms with E-state index in [0.29, 0.717) is 5.56 Å². The molecule has 0 radical (unpaired) electrons. The summed E-state index contributed by atoms with van der Waals surface area (Å²) in [5.74, 6) is -0.462. The lowest BCUT2D eigenvalue weighted by Crippen LogP contribution is -2.14. The standard InChI is InChI=1S/C17H21FN2O/c1-12(15-9-8-14(21)10-16(15)18)19-17-7-5-4-6-13(17)11-20(2)3/h4-10,12,19,21H,11H2,1-3H3. The number of nitrogens with one attached hydrogen (secondary N) is 1. The normalized spacial score (nSPS) is 12.4. The predicted molar refractivity (Wildman–Crippen MR) is 83.9 cm³/mol. The third kappa shape index (κ3) is 3.95. The number of phenols is 1. The zero-order valence-electron chi connectivity index (χ0n) is 12.6. The molecule has 112 valence electrons. The number of hydrogen-bond donors (Lipinski definition) is 2. The van der Waals surface area contributed by atoms with E-state index in [9.17, 15) is 9.50 Å². The maximum Gasteiger partial charge on any atom is 0.132 e. The molecular weight excluding hydrogens is 267 g/mol. The van der Waals surface area contributed by atoms with Gasteiger partial charge < -0.3 is 15.3 Å². The second-order valence-corrected chi connectivity index (χ2v) is 5.47. The van der Waals surface area contributed by atoms with Gasteiger partial charge in [-0.2, -0.15) is 0 Å². The number of aromatic hydroxyl groups is 1. The topological polar surface area (TPSA) is 35.5 Å². The van der Waals surface area contributed by atoms with Crippen molar-refractivity contribution in [3.05, 3.63) is 59.4 Å². The lowest BCUT2D eigenvalue weighted by atomic mass is 10.1. The molecule has 0 fully saturated rings. The van der Waals surface area contributed by atoms with Crippen molar-refractivity contribution in [3.8, 4) is 5.75 Å². The molecule has 4 heteroatoms. The van der Waals surface area contributed by atoms with Crippen molar-refractivity contribution in [1.29, 1.82) is 0 Å². The van der Waals surface area contributed by atoms with Gasteiger partial charge in [0.15, 0.2) is 0 Å². The second-order valence-electron chi connectivity index (χ2n) is 5.47. The average Bonchev–Trinajstić information content (AvgIpc) is 2.40. The molecule has 2 rings (SSSR count). The number of hydrogen-bond acceptors (Lipinski definition) is 3. The maximum absolute atomic E-state index is 13.9. The number of rotatable bonds is 5. The van der Waals surface area contributed by atoms with Crippen LogP contribution >= 0.6 is 0 Å². The monoisotopic (exact) mass is 288 g/mol. The molecule has 0 aliphatic carbocycles. The van der Waals surface area contributed by atoms with Crippen LogP contribution in [0.15, 0.2) is 42.5 Å². The minimum atomic E-state index is -0.403. The van der Waals surface area contributed by atoms with E-state index in [4.69, 9.17) is 0 Å². The molecule has 0 amide bonds. The molecule has 3 nitrogen and oxygen atoms in total. The maximum atomic E-state index is 13.9. The highest BCUT2D eigenvalue weighted by molar-refractivity contribution is 5.52. The molecule has 0 bridgehead atoms. The minimum Gasteiger partial charge on any atom is -0.508 e. The lowest BCUT2D eigenvalue weighted by Gasteiger charge is -2.20. The molecule has 0 spiro atoms. The van der Waals surface area contributed by atoms with Crippen molar-refractivity contribution < 1.29 is 9.50 Å². The summed E-state index contributed by atoms with van der Waals surface area (Å²) in [6, 6.07) is 12.1. The summed E-state index contributed by atoms with van der Waals surface area (Å²) in [4.78, 5) is 2.09. The Morgan fingerprint density at radius 2 is 1.90 bits per heavy atom. The van der Waals surface area contributed by atoms with Crippen molar-refractivity contribution in [2.24, 2.45) is 0 Å². The number of phenolic OH excluding ortho intramolecular Hbond substituents is 1. The molecule has 21 heavy (non-hydrogen) atoms. The average molecular weight is 288 g/mol. The zero-order chi connectivity index (χ0) is 15.4. The Morgan fingerprint density at radius 3 is 2.57 bits per heavy atom. The highest BCUT2D eigenvalue weighted by Crippen LogP contribution is 2.26. The number of halogens is 1. The Kier molecular flexibility index (Phi) is 4.81. The van der Waals surface area contributed by atoms with Gasteiger partial charge in [-0.05, 0) is 38.7 Å². The van der Waals surface area contributed by atoms with Crippen LogP contribution in [0, 0.1) is 5.82 Å². The summed E-state index contributed by atoms with van der Waals surface area (Å²) >= 11 is 0. The van der Waals surface area contributed by atoms with Gasteiger partial charge >= 0.3 is 0 Å². The smallest absolute Gasteiger partial charge is 0.132 e. The van der Waals surface area contributed by atoms with E-state index in [1.807, 2.05) is 39.2 Å². The van der Waals surface area contributed by atoms with Crippen molar-refractivity contribution in [1.82, 2.24) is 4.90 Å². The van der Waals surface area contributed by atoms with Crippen molar-refractivity contribution in [3.63, 3.8) is 0 Å². The predicted octanol–water partition coefficient (Wildman–Crippen LogP) is 3.77. The molecule has 0 saturated carbocycles. The third-order valence-electron chi connectivity index (χ3n) is 3.33. The Hall–Kier alpha value is -2.07. The summed E-state index contributed by atoms with van der Waals surface area (Å²) in [5, 5.41) is 12.6. The molecule has 2 aromatic rings. The van der Waals surface area contributed by atoms with Crippen molar-refractivity contribution in [2.75, 3.05) is 19.4 Å². The minimum absolute atomic E-state index is 0.0588. The van der Waals surface area contributed by atoms with E-state index < -0.39 is 5.82 Å². The highest BCUT2D eigenvalue weighted by atomic mass is 19.1. The molecule has 2 N–H and O–H groups in total. The molecule has 0 heterocycles. The van der Waals surface area contributed by atoms with Crippen molar-refractivity contribution in [2.45, 2.75) is 19.5 Å². The molecule has 0 aromatic heterocycles. The van der Waals surface area contributed by atoms with Crippen LogP contribution in [0.5, 0.6) is 5.75 Å². The first-order valence-corrected chi connectivity index (χ1v) is 6.95. The van der Waals surface area contributed by atoms with Crippen LogP contribution in [-0.4, -0.2) is 24.1 Å². The van der Waals surface area contributed by atoms with Crippen LogP contribution in [0.4, 0.5) is 10.1 Å². The number of benzene rings is 2. The number of nitrogens with zero attached hydrogens (tertiary/aromatic N) is 1. The summed E-state index contributed by atoms with van der Waals surface area (Å²) in [5.41, 5.74) is 2.69. The second kappa shape index (κ2) is 6.59. The molecule has 0 saturated heterocycles. The Balaban J connectivity index is 2.21. The first-order chi connectivity index (χ1) is 9.97. The fourth-order valence-electron chi connectivity index (χ4n) is 2.32. The largest absolute Gasteiger partial charge is 0.508 e. The van der Waals surface area contributed by atoms with Gasteiger partial charge in [0.2, 0.25) is 0 Å². The van der Waals surface area contributed by atoms with E-state index in [1.54, 1.807) is 6.07 Å². The van der Waals surface area contributed by atoms with E-state index >= 15 is 0 Å². The van der Waals surface area contributed by atoms with Gasteiger partial charge in [-0.25, -0.2) is 4.39 Å². The van der Waals surface area contributed by atoms with Crippen LogP contribution < -0.4 is 5.32 Å². The van der Waals surface area contributed by atoms with Crippen LogP contribution in [0.3, 0.4) is 0 Å². The van der Waals surface area contributed by atoms with E-state index in [0.717, 1.165) is 23.9 Å². The van der Waals surface area contributed by atoms with Crippen LogP contribution in [0.1, 0.15) is 24.1 Å². The molecule has 1 unspecified atom stereocenters. The van der Waals surface area contributed by atoms with Crippen LogP contribution in [0.25, 0.3) is 0 Å². The van der Waals surface area contributed by atoms with Gasteiger partial charge in [0, 0.05) is 23.9 Å². The quantitative estimate of drug-likeness (QED) is 0.879. The van der Waals surface area contributed by atoms with Gasteiger partial charge in [-0.3, -0.25) is 0 Å². The Morgan fingerprint density at radius 1 is 1.19 bits per heavy atom. The summed E-state index contributed by atoms with van der Waals surface area (Å²) in [6.45, 7) is 2.72. The fraction of sp³-hybridized carbons (Fsp3) is 0.294. The molecule has 1 atom stereocenters. The fourth-order valence-corrected chi connectivity index (χ4v) is 2.32. The number of para-hydroxylation sites is 1. The van der Waals surface area contributed by atoms with Crippen molar-refractivity contribution >= 4 is 5.69 Å².